The summed E-state index contributed by atoms with van der Waals surface area (Å²) in [7, 11) is 0. The van der Waals surface area contributed by atoms with Gasteiger partial charge < -0.3 is 39.6 Å². The Morgan fingerprint density at radius 2 is 1.56 bits per heavy atom. The summed E-state index contributed by atoms with van der Waals surface area (Å²) in [5, 5.41) is 16.4. The van der Waals surface area contributed by atoms with Gasteiger partial charge in [-0.15, -0.1) is 11.3 Å². The van der Waals surface area contributed by atoms with Crippen molar-refractivity contribution in [1.82, 2.24) is 25.4 Å². The first-order chi connectivity index (χ1) is 33.7. The average molecular weight is 1000 g/mol. The molecule has 1 aromatic heterocycles. The lowest BCUT2D eigenvalue weighted by atomic mass is 9.84. The molecule has 7 rings (SSSR count). The number of aromatic nitrogens is 1. The fourth-order valence-electron chi connectivity index (χ4n) is 9.79. The minimum absolute atomic E-state index is 0.0144. The van der Waals surface area contributed by atoms with E-state index in [-0.39, 0.29) is 89.2 Å². The second-order valence-corrected chi connectivity index (χ2v) is 21.3. The maximum absolute atomic E-state index is 16.0. The van der Waals surface area contributed by atoms with E-state index >= 15 is 13.2 Å². The molecule has 3 amide bonds. The van der Waals surface area contributed by atoms with Crippen molar-refractivity contribution < 1.29 is 51.6 Å². The highest BCUT2D eigenvalue weighted by Gasteiger charge is 2.46. The summed E-state index contributed by atoms with van der Waals surface area (Å²) in [5.74, 6) is -2.91. The number of amides is 3. The quantitative estimate of drug-likeness (QED) is 0.0699. The molecule has 17 heteroatoms. The number of likely N-dealkylation sites (tertiary alicyclic amines) is 1. The lowest BCUT2D eigenvalue weighted by Gasteiger charge is -2.44. The molecule has 0 saturated carbocycles. The number of aryl methyl sites for hydroxylation is 1. The molecule has 3 aromatic carbocycles. The molecular weight excluding hydrogens is 936 g/mol. The van der Waals surface area contributed by atoms with Gasteiger partial charge in [0.15, 0.2) is 0 Å². The fraction of sp³-hybridized carbons (Fsp3) is 0.519. The molecule has 1 aliphatic carbocycles. The van der Waals surface area contributed by atoms with Crippen LogP contribution in [-0.2, 0) is 35.0 Å². The van der Waals surface area contributed by atoms with E-state index in [9.17, 15) is 19.5 Å². The Labute approximate surface area is 419 Å². The first kappa shape index (κ1) is 53.6. The fourth-order valence-corrected chi connectivity index (χ4v) is 10.6. The number of ether oxygens (including phenoxy) is 4. The van der Waals surface area contributed by atoms with Crippen LogP contribution in [0.2, 0.25) is 0 Å². The van der Waals surface area contributed by atoms with E-state index in [2.05, 4.69) is 15.6 Å². The van der Waals surface area contributed by atoms with Crippen molar-refractivity contribution in [2.45, 2.75) is 117 Å². The van der Waals surface area contributed by atoms with Crippen molar-refractivity contribution in [2.75, 3.05) is 59.3 Å². The SMILES string of the molecule is Cc1ncsc1-c1ccc([C@H](C)NC(=O)[C@@H]2C[C@@H](O)CN2C(=O)[C@@H](NC(=O)COCCOCCOCCOc2cc(F)c([C@@H]3C4=C(C[C@@H](C)N3CC(C)(C)F)c3ccccc3C4)c(F)c2)C(C)(C)C)cc1. The molecule has 384 valence electrons. The van der Waals surface area contributed by atoms with Gasteiger partial charge in [0.1, 0.15) is 48.4 Å². The van der Waals surface area contributed by atoms with E-state index in [1.807, 2.05) is 95.0 Å². The van der Waals surface area contributed by atoms with Crippen LogP contribution in [0.3, 0.4) is 0 Å². The number of benzene rings is 3. The standard InChI is InChI=1S/C54H68F3N5O8S/c1-32-23-41-40-12-10-9-11-37(40)24-42(41)48(62(32)30-54(7,8)57)47-43(55)26-39(27-44(47)56)70-22-21-68-18-17-67-19-20-69-29-46(64)60-50(53(4,5)6)52(66)61-28-38(63)25-45(61)51(65)59-33(2)35-13-15-36(16-14-35)49-34(3)58-31-71-49/h9-16,26-27,31-33,38,45,48,50,63H,17-25,28-30H2,1-8H3,(H,59,65)(H,60,64)/t32-,33+,38-,45+,48+,50-/m1/s1. The molecule has 1 fully saturated rings. The third kappa shape index (κ3) is 13.3. The number of halogens is 3. The maximum Gasteiger partial charge on any atom is 0.246 e. The number of hydrogen-bond acceptors (Lipinski definition) is 11. The third-order valence-corrected chi connectivity index (χ3v) is 14.2. The zero-order chi connectivity index (χ0) is 51.2. The first-order valence-corrected chi connectivity index (χ1v) is 25.3. The minimum Gasteiger partial charge on any atom is -0.491 e. The highest BCUT2D eigenvalue weighted by Crippen LogP contribution is 2.50. The van der Waals surface area contributed by atoms with Crippen LogP contribution in [0.5, 0.6) is 5.75 Å². The third-order valence-electron chi connectivity index (χ3n) is 13.3. The summed E-state index contributed by atoms with van der Waals surface area (Å²) in [6.45, 7) is 14.6. The summed E-state index contributed by atoms with van der Waals surface area (Å²) in [6.07, 6.45) is 0.365. The Morgan fingerprint density at radius 3 is 2.20 bits per heavy atom. The van der Waals surface area contributed by atoms with Crippen molar-refractivity contribution in [1.29, 1.82) is 0 Å². The van der Waals surface area contributed by atoms with Crippen LogP contribution in [-0.4, -0.2) is 127 Å². The predicted octanol–water partition coefficient (Wildman–Crippen LogP) is 8.09. The maximum atomic E-state index is 16.0. The van der Waals surface area contributed by atoms with Gasteiger partial charge in [0, 0.05) is 43.2 Å². The number of carbonyl (C=O) groups is 3. The van der Waals surface area contributed by atoms with Crippen LogP contribution < -0.4 is 15.4 Å². The molecular formula is C54H68F3N5O8S. The van der Waals surface area contributed by atoms with E-state index < -0.39 is 64.7 Å². The molecule has 13 nitrogen and oxygen atoms in total. The average Bonchev–Trinajstić information content (AvgIpc) is 4.03. The Hall–Kier alpha value is -5.17. The van der Waals surface area contributed by atoms with E-state index in [0.29, 0.717) is 12.8 Å². The van der Waals surface area contributed by atoms with Gasteiger partial charge in [0.25, 0.3) is 0 Å². The lowest BCUT2D eigenvalue weighted by Crippen LogP contribution is -2.58. The number of rotatable bonds is 21. The summed E-state index contributed by atoms with van der Waals surface area (Å²) in [6, 6.07) is 15.0. The topological polar surface area (TPSA) is 152 Å². The normalized spacial score (nSPS) is 20.1. The van der Waals surface area contributed by atoms with Gasteiger partial charge in [0.2, 0.25) is 17.7 Å². The molecule has 1 saturated heterocycles. The number of thiazole rings is 1. The van der Waals surface area contributed by atoms with Crippen LogP contribution in [0.1, 0.15) is 101 Å². The number of carbonyl (C=O) groups excluding carboxylic acids is 3. The zero-order valence-electron chi connectivity index (χ0n) is 42.0. The highest BCUT2D eigenvalue weighted by molar-refractivity contribution is 7.13. The number of hydrogen-bond donors (Lipinski definition) is 3. The van der Waals surface area contributed by atoms with Gasteiger partial charge in [-0.25, -0.2) is 18.2 Å². The first-order valence-electron chi connectivity index (χ1n) is 24.4. The lowest BCUT2D eigenvalue weighted by molar-refractivity contribution is -0.144. The second kappa shape index (κ2) is 23.1. The van der Waals surface area contributed by atoms with Crippen LogP contribution in [0.4, 0.5) is 13.2 Å². The summed E-state index contributed by atoms with van der Waals surface area (Å²) >= 11 is 1.56. The molecule has 4 aromatic rings. The largest absolute Gasteiger partial charge is 0.491 e. The van der Waals surface area contributed by atoms with E-state index in [1.165, 1.54) is 30.9 Å². The highest BCUT2D eigenvalue weighted by atomic mass is 32.1. The summed E-state index contributed by atoms with van der Waals surface area (Å²) in [4.78, 5) is 49.4. The van der Waals surface area contributed by atoms with E-state index in [0.717, 1.165) is 44.0 Å². The van der Waals surface area contributed by atoms with Crippen LogP contribution in [0.25, 0.3) is 16.0 Å². The monoisotopic (exact) mass is 1000 g/mol. The molecule has 3 heterocycles. The predicted molar refractivity (Wildman–Crippen MR) is 266 cm³/mol. The number of fused-ring (bicyclic) bond motifs is 2. The van der Waals surface area contributed by atoms with Gasteiger partial charge in [-0.2, -0.15) is 0 Å². The molecule has 0 spiro atoms. The molecule has 0 unspecified atom stereocenters. The van der Waals surface area contributed by atoms with Crippen molar-refractivity contribution in [3.8, 4) is 16.2 Å². The minimum atomic E-state index is -1.59. The Balaban J connectivity index is 0.812. The van der Waals surface area contributed by atoms with Gasteiger partial charge in [0.05, 0.1) is 67.3 Å². The Morgan fingerprint density at radius 1 is 0.915 bits per heavy atom. The Kier molecular flexibility index (Phi) is 17.5. The number of β-amino-alcohol motifs (C(OH)–C–C–N with tert-alkyl or cyclic N) is 1. The molecule has 2 aliphatic heterocycles. The second-order valence-electron chi connectivity index (χ2n) is 20.5. The van der Waals surface area contributed by atoms with Crippen molar-refractivity contribution in [3.63, 3.8) is 0 Å². The van der Waals surface area contributed by atoms with Gasteiger partial charge in [-0.05, 0) is 86.3 Å². The van der Waals surface area contributed by atoms with Crippen LogP contribution >= 0.6 is 11.3 Å². The zero-order valence-corrected chi connectivity index (χ0v) is 42.8. The smallest absolute Gasteiger partial charge is 0.246 e. The molecule has 0 bridgehead atoms. The van der Waals surface area contributed by atoms with Gasteiger partial charge in [-0.3, -0.25) is 19.3 Å². The molecule has 0 radical (unpaired) electrons. The van der Waals surface area contributed by atoms with E-state index in [1.54, 1.807) is 16.8 Å². The summed E-state index contributed by atoms with van der Waals surface area (Å²) < 4.78 is 69.6. The van der Waals surface area contributed by atoms with Crippen molar-refractivity contribution in [3.05, 3.63) is 111 Å². The van der Waals surface area contributed by atoms with Gasteiger partial charge >= 0.3 is 0 Å². The molecule has 3 N–H and O–H groups in total. The molecule has 3 aliphatic rings. The van der Waals surface area contributed by atoms with Crippen molar-refractivity contribution >= 4 is 34.6 Å². The number of aliphatic hydroxyl groups is 1. The Bertz CT molecular complexity index is 2520. The number of alkyl halides is 1. The van der Waals surface area contributed by atoms with Crippen LogP contribution in [0, 0.1) is 24.0 Å². The molecule has 6 atom stereocenters. The van der Waals surface area contributed by atoms with Crippen LogP contribution in [0.15, 0.2) is 71.7 Å². The van der Waals surface area contributed by atoms with E-state index in [4.69, 9.17) is 18.9 Å². The number of nitrogens with zero attached hydrogens (tertiary/aromatic N) is 3. The number of nitrogens with one attached hydrogen (secondary N) is 2. The molecule has 71 heavy (non-hydrogen) atoms. The summed E-state index contributed by atoms with van der Waals surface area (Å²) in [5.41, 5.74) is 6.39. The van der Waals surface area contributed by atoms with Gasteiger partial charge in [-0.1, -0.05) is 69.3 Å². The van der Waals surface area contributed by atoms with Crippen molar-refractivity contribution in [2.24, 2.45) is 5.41 Å². The number of aliphatic hydroxyl groups excluding tert-OH is 1.